The number of esters is 1. The van der Waals surface area contributed by atoms with Gasteiger partial charge in [-0.2, -0.15) is 13.2 Å². The van der Waals surface area contributed by atoms with Crippen molar-refractivity contribution in [3.05, 3.63) is 77.1 Å². The number of benzene rings is 2. The van der Waals surface area contributed by atoms with Gasteiger partial charge in [0.25, 0.3) is 0 Å². The van der Waals surface area contributed by atoms with Crippen LogP contribution in [0.1, 0.15) is 16.1 Å². The van der Waals surface area contributed by atoms with Gasteiger partial charge in [0.1, 0.15) is 17.2 Å². The number of alkyl halides is 3. The lowest BCUT2D eigenvalue weighted by Crippen LogP contribution is -2.19. The maximum absolute atomic E-state index is 12.9. The number of anilines is 2. The van der Waals surface area contributed by atoms with E-state index in [4.69, 9.17) is 16.3 Å². The Morgan fingerprint density at radius 3 is 2.16 bits per heavy atom. The molecule has 2 amide bonds. The molecule has 7 nitrogen and oxygen atoms in total. The molecule has 0 unspecified atom stereocenters. The third-order valence-electron chi connectivity index (χ3n) is 4.01. The third kappa shape index (κ3) is 5.88. The molecule has 0 saturated heterocycles. The number of halogens is 4. The second-order valence-corrected chi connectivity index (χ2v) is 6.68. The first-order valence-corrected chi connectivity index (χ1v) is 9.30. The highest BCUT2D eigenvalue weighted by molar-refractivity contribution is 6.31. The van der Waals surface area contributed by atoms with Crippen LogP contribution in [0.2, 0.25) is 5.02 Å². The summed E-state index contributed by atoms with van der Waals surface area (Å²) in [7, 11) is 1.25. The van der Waals surface area contributed by atoms with Gasteiger partial charge < -0.3 is 20.1 Å². The summed E-state index contributed by atoms with van der Waals surface area (Å²) in [5.74, 6) is 0.230. The van der Waals surface area contributed by atoms with Crippen LogP contribution in [0.25, 0.3) is 0 Å². The van der Waals surface area contributed by atoms with Crippen LogP contribution in [0.4, 0.5) is 29.3 Å². The molecular formula is C21H15ClF3N3O4. The molecule has 2 N–H and O–H groups in total. The largest absolute Gasteiger partial charge is 0.464 e. The number of amides is 2. The van der Waals surface area contributed by atoms with Crippen molar-refractivity contribution in [2.24, 2.45) is 0 Å². The Bertz CT molecular complexity index is 1120. The molecule has 0 atom stereocenters. The van der Waals surface area contributed by atoms with Crippen LogP contribution in [0.15, 0.2) is 60.8 Å². The second kappa shape index (κ2) is 9.56. The molecule has 166 valence electrons. The van der Waals surface area contributed by atoms with Crippen molar-refractivity contribution in [2.45, 2.75) is 6.18 Å². The van der Waals surface area contributed by atoms with Crippen molar-refractivity contribution in [2.75, 3.05) is 17.7 Å². The first-order valence-electron chi connectivity index (χ1n) is 8.93. The van der Waals surface area contributed by atoms with E-state index in [1.165, 1.54) is 37.6 Å². The summed E-state index contributed by atoms with van der Waals surface area (Å²) >= 11 is 5.56. The molecule has 1 heterocycles. The van der Waals surface area contributed by atoms with Gasteiger partial charge in [0.15, 0.2) is 0 Å². The summed E-state index contributed by atoms with van der Waals surface area (Å²) in [5.41, 5.74) is -0.609. The fraction of sp³-hybridized carbons (Fsp3) is 0.0952. The van der Waals surface area contributed by atoms with Crippen molar-refractivity contribution < 1.29 is 32.2 Å². The number of nitrogens with one attached hydrogen (secondary N) is 2. The highest BCUT2D eigenvalue weighted by Gasteiger charge is 2.33. The zero-order valence-electron chi connectivity index (χ0n) is 16.4. The van der Waals surface area contributed by atoms with Crippen LogP contribution in [0.3, 0.4) is 0 Å². The summed E-state index contributed by atoms with van der Waals surface area (Å²) in [6.07, 6.45) is -3.29. The van der Waals surface area contributed by atoms with E-state index in [0.717, 1.165) is 12.1 Å². The molecule has 3 rings (SSSR count). The minimum Gasteiger partial charge on any atom is -0.464 e. The average Bonchev–Trinajstić information content (AvgIpc) is 2.75. The number of urea groups is 1. The number of hydrogen-bond donors (Lipinski definition) is 2. The van der Waals surface area contributed by atoms with Crippen molar-refractivity contribution in [3.8, 4) is 11.5 Å². The number of methoxy groups -OCH3 is 1. The molecular weight excluding hydrogens is 451 g/mol. The molecule has 3 aromatic rings. The smallest absolute Gasteiger partial charge is 0.417 e. The Morgan fingerprint density at radius 1 is 0.938 bits per heavy atom. The third-order valence-corrected chi connectivity index (χ3v) is 4.34. The molecule has 0 spiro atoms. The average molecular weight is 466 g/mol. The predicted molar refractivity (Wildman–Crippen MR) is 111 cm³/mol. The Hall–Kier alpha value is -3.79. The van der Waals surface area contributed by atoms with Crippen LogP contribution in [-0.2, 0) is 10.9 Å². The quantitative estimate of drug-likeness (QED) is 0.453. The lowest BCUT2D eigenvalue weighted by atomic mass is 10.2. The van der Waals surface area contributed by atoms with Crippen molar-refractivity contribution in [3.63, 3.8) is 0 Å². The first kappa shape index (κ1) is 22.9. The summed E-state index contributed by atoms with van der Waals surface area (Å²) in [6.45, 7) is 0. The Labute approximate surface area is 185 Å². The van der Waals surface area contributed by atoms with Crippen molar-refractivity contribution in [1.29, 1.82) is 0 Å². The van der Waals surface area contributed by atoms with Gasteiger partial charge in [-0.05, 0) is 54.6 Å². The highest BCUT2D eigenvalue weighted by atomic mass is 35.5. The van der Waals surface area contributed by atoms with Crippen LogP contribution in [0, 0.1) is 0 Å². The molecule has 0 aliphatic carbocycles. The number of carbonyl (C=O) groups is 2. The number of pyridine rings is 1. The monoisotopic (exact) mass is 465 g/mol. The van der Waals surface area contributed by atoms with Gasteiger partial charge in [0.2, 0.25) is 0 Å². The number of carbonyl (C=O) groups excluding carboxylic acids is 2. The number of rotatable bonds is 5. The minimum absolute atomic E-state index is 0.0675. The van der Waals surface area contributed by atoms with E-state index in [0.29, 0.717) is 17.2 Å². The predicted octanol–water partition coefficient (Wildman–Crippen LogP) is 5.98. The maximum atomic E-state index is 12.9. The molecule has 0 aliphatic rings. The van der Waals surface area contributed by atoms with Crippen molar-refractivity contribution >= 4 is 35.0 Å². The Morgan fingerprint density at radius 2 is 1.56 bits per heavy atom. The topological polar surface area (TPSA) is 89.5 Å². The van der Waals surface area contributed by atoms with E-state index >= 15 is 0 Å². The van der Waals surface area contributed by atoms with E-state index in [9.17, 15) is 22.8 Å². The van der Waals surface area contributed by atoms with E-state index in [2.05, 4.69) is 20.4 Å². The molecule has 0 saturated carbocycles. The number of nitrogens with zero attached hydrogens (tertiary/aromatic N) is 1. The zero-order chi connectivity index (χ0) is 23.3. The number of ether oxygens (including phenoxy) is 2. The maximum Gasteiger partial charge on any atom is 0.417 e. The summed E-state index contributed by atoms with van der Waals surface area (Å²) < 4.78 is 48.9. The highest BCUT2D eigenvalue weighted by Crippen LogP contribution is 2.36. The van der Waals surface area contributed by atoms with Gasteiger partial charge in [-0.1, -0.05) is 11.6 Å². The first-order chi connectivity index (χ1) is 15.2. The molecule has 2 aromatic carbocycles. The van der Waals surface area contributed by atoms with E-state index in [1.54, 1.807) is 18.2 Å². The number of hydrogen-bond acceptors (Lipinski definition) is 5. The lowest BCUT2D eigenvalue weighted by Gasteiger charge is -2.12. The Balaban J connectivity index is 1.60. The van der Waals surface area contributed by atoms with Gasteiger partial charge in [0, 0.05) is 11.4 Å². The van der Waals surface area contributed by atoms with E-state index < -0.39 is 28.8 Å². The molecule has 32 heavy (non-hydrogen) atoms. The normalized spacial score (nSPS) is 10.9. The SMILES string of the molecule is COC(=O)c1ccc(Oc2ccc(NC(=O)Nc3ccc(Cl)c(C(F)(F)F)c3)cc2)cn1. The second-order valence-electron chi connectivity index (χ2n) is 6.27. The van der Waals surface area contributed by atoms with Gasteiger partial charge >= 0.3 is 18.2 Å². The van der Waals surface area contributed by atoms with Gasteiger partial charge in [-0.3, -0.25) is 0 Å². The summed E-state index contributed by atoms with van der Waals surface area (Å²) in [4.78, 5) is 27.4. The number of aromatic nitrogens is 1. The molecule has 0 aliphatic heterocycles. The standard InChI is InChI=1S/C21H15ClF3N3O4/c1-31-19(29)18-9-7-15(11-26-18)32-14-5-2-12(3-6-14)27-20(30)28-13-4-8-17(22)16(10-13)21(23,24)25/h2-11H,1H3,(H2,27,28,30). The fourth-order valence-corrected chi connectivity index (χ4v) is 2.75. The Kier molecular flexibility index (Phi) is 6.84. The molecule has 1 aromatic heterocycles. The van der Waals surface area contributed by atoms with Gasteiger partial charge in [-0.25, -0.2) is 14.6 Å². The van der Waals surface area contributed by atoms with Crippen LogP contribution >= 0.6 is 11.6 Å². The van der Waals surface area contributed by atoms with Gasteiger partial charge in [-0.15, -0.1) is 0 Å². The van der Waals surface area contributed by atoms with Crippen LogP contribution < -0.4 is 15.4 Å². The van der Waals surface area contributed by atoms with Gasteiger partial charge in [0.05, 0.1) is 23.9 Å². The van der Waals surface area contributed by atoms with E-state index in [1.807, 2.05) is 0 Å². The fourth-order valence-electron chi connectivity index (χ4n) is 2.52. The molecule has 11 heteroatoms. The summed E-state index contributed by atoms with van der Waals surface area (Å²) in [6, 6.07) is 11.5. The molecule has 0 radical (unpaired) electrons. The van der Waals surface area contributed by atoms with Crippen molar-refractivity contribution in [1.82, 2.24) is 4.98 Å². The minimum atomic E-state index is -4.64. The van der Waals surface area contributed by atoms with E-state index in [-0.39, 0.29) is 11.4 Å². The zero-order valence-corrected chi connectivity index (χ0v) is 17.1. The van der Waals surface area contributed by atoms with Crippen LogP contribution in [-0.4, -0.2) is 24.1 Å². The molecule has 0 bridgehead atoms. The van der Waals surface area contributed by atoms with Crippen LogP contribution in [0.5, 0.6) is 11.5 Å². The molecule has 0 fully saturated rings. The lowest BCUT2D eigenvalue weighted by molar-refractivity contribution is -0.137. The summed E-state index contributed by atoms with van der Waals surface area (Å²) in [5, 5.41) is 4.35.